The Kier molecular flexibility index (Phi) is 5.49. The summed E-state index contributed by atoms with van der Waals surface area (Å²) in [5, 5.41) is 5.43. The fraction of sp³-hybridized carbons (Fsp3) is 0. The van der Waals surface area contributed by atoms with Crippen molar-refractivity contribution >= 4 is 45.6 Å². The molecule has 3 amide bonds. The molecule has 8 heteroatoms. The number of rotatable bonds is 4. The van der Waals surface area contributed by atoms with Crippen molar-refractivity contribution in [3.63, 3.8) is 0 Å². The molecular formula is C22H16N4O3S. The molecule has 4 aromatic rings. The number of thiophene rings is 1. The maximum atomic E-state index is 12.6. The SMILES string of the molecule is O=C(NNC(=O)c1ccccc1NC(=O)c1cccs1)c1ccc2ccccc2n1. The van der Waals surface area contributed by atoms with Gasteiger partial charge in [-0.1, -0.05) is 42.5 Å². The van der Waals surface area contributed by atoms with Gasteiger partial charge in [0.15, 0.2) is 0 Å². The fourth-order valence-electron chi connectivity index (χ4n) is 2.82. The second-order valence-corrected chi connectivity index (χ2v) is 7.22. The second kappa shape index (κ2) is 8.54. The van der Waals surface area contributed by atoms with Gasteiger partial charge >= 0.3 is 0 Å². The van der Waals surface area contributed by atoms with Crippen LogP contribution in [-0.4, -0.2) is 22.7 Å². The molecule has 4 rings (SSSR count). The average Bonchev–Trinajstić information content (AvgIpc) is 3.32. The predicted octanol–water partition coefficient (Wildman–Crippen LogP) is 3.62. The summed E-state index contributed by atoms with van der Waals surface area (Å²) in [6, 6.07) is 20.8. The van der Waals surface area contributed by atoms with E-state index >= 15 is 0 Å². The number of pyridine rings is 1. The van der Waals surface area contributed by atoms with Gasteiger partial charge < -0.3 is 5.32 Å². The van der Waals surface area contributed by atoms with Crippen molar-refractivity contribution in [3.05, 3.63) is 94.3 Å². The van der Waals surface area contributed by atoms with E-state index in [1.54, 1.807) is 60.0 Å². The molecular weight excluding hydrogens is 400 g/mol. The van der Waals surface area contributed by atoms with Crippen LogP contribution in [0.15, 0.2) is 78.2 Å². The van der Waals surface area contributed by atoms with E-state index in [0.717, 1.165) is 5.39 Å². The third-order valence-corrected chi connectivity index (χ3v) is 5.15. The van der Waals surface area contributed by atoms with Crippen molar-refractivity contribution in [1.29, 1.82) is 0 Å². The summed E-state index contributed by atoms with van der Waals surface area (Å²) in [6.07, 6.45) is 0. The zero-order chi connectivity index (χ0) is 20.9. The highest BCUT2D eigenvalue weighted by atomic mass is 32.1. The Labute approximate surface area is 175 Å². The summed E-state index contributed by atoms with van der Waals surface area (Å²) in [5.74, 6) is -1.42. The number of aromatic nitrogens is 1. The average molecular weight is 416 g/mol. The van der Waals surface area contributed by atoms with Crippen molar-refractivity contribution in [2.75, 3.05) is 5.32 Å². The van der Waals surface area contributed by atoms with E-state index in [4.69, 9.17) is 0 Å². The van der Waals surface area contributed by atoms with Gasteiger partial charge in [0.25, 0.3) is 17.7 Å². The molecule has 3 N–H and O–H groups in total. The minimum atomic E-state index is -0.564. The van der Waals surface area contributed by atoms with Crippen molar-refractivity contribution in [3.8, 4) is 0 Å². The van der Waals surface area contributed by atoms with Gasteiger partial charge in [-0.3, -0.25) is 25.2 Å². The first-order chi connectivity index (χ1) is 14.6. The van der Waals surface area contributed by atoms with Crippen LogP contribution in [0.25, 0.3) is 10.9 Å². The molecule has 148 valence electrons. The number of para-hydroxylation sites is 2. The summed E-state index contributed by atoms with van der Waals surface area (Å²) < 4.78 is 0. The molecule has 0 saturated carbocycles. The molecule has 7 nitrogen and oxygen atoms in total. The number of hydrogen-bond acceptors (Lipinski definition) is 5. The van der Waals surface area contributed by atoms with E-state index in [-0.39, 0.29) is 17.2 Å². The molecule has 30 heavy (non-hydrogen) atoms. The minimum absolute atomic E-state index is 0.174. The van der Waals surface area contributed by atoms with E-state index in [2.05, 4.69) is 21.2 Å². The zero-order valence-electron chi connectivity index (χ0n) is 15.6. The molecule has 0 fully saturated rings. The van der Waals surface area contributed by atoms with E-state index in [0.29, 0.717) is 16.1 Å². The Hall–Kier alpha value is -4.04. The first-order valence-corrected chi connectivity index (χ1v) is 9.90. The van der Waals surface area contributed by atoms with E-state index in [1.165, 1.54) is 11.3 Å². The van der Waals surface area contributed by atoms with Crippen molar-refractivity contribution in [2.24, 2.45) is 0 Å². The highest BCUT2D eigenvalue weighted by molar-refractivity contribution is 7.12. The summed E-state index contributed by atoms with van der Waals surface area (Å²) >= 11 is 1.30. The largest absolute Gasteiger partial charge is 0.321 e. The molecule has 0 spiro atoms. The lowest BCUT2D eigenvalue weighted by atomic mass is 10.1. The lowest BCUT2D eigenvalue weighted by Crippen LogP contribution is -2.42. The quantitative estimate of drug-likeness (QED) is 0.442. The monoisotopic (exact) mass is 416 g/mol. The third-order valence-electron chi connectivity index (χ3n) is 4.29. The number of amides is 3. The lowest BCUT2D eigenvalue weighted by Gasteiger charge is -2.11. The summed E-state index contributed by atoms with van der Waals surface area (Å²) in [6.45, 7) is 0. The Morgan fingerprint density at radius 1 is 0.733 bits per heavy atom. The molecule has 0 aliphatic heterocycles. The Morgan fingerprint density at radius 3 is 2.33 bits per heavy atom. The van der Waals surface area contributed by atoms with Crippen LogP contribution in [0.1, 0.15) is 30.5 Å². The fourth-order valence-corrected chi connectivity index (χ4v) is 3.44. The molecule has 0 radical (unpaired) electrons. The van der Waals surface area contributed by atoms with Crippen molar-refractivity contribution < 1.29 is 14.4 Å². The number of nitrogens with zero attached hydrogens (tertiary/aromatic N) is 1. The van der Waals surface area contributed by atoms with Crippen LogP contribution in [0.2, 0.25) is 0 Å². The molecule has 0 atom stereocenters. The van der Waals surface area contributed by atoms with E-state index in [1.807, 2.05) is 18.2 Å². The Balaban J connectivity index is 1.44. The van der Waals surface area contributed by atoms with Gasteiger partial charge in [0.1, 0.15) is 5.69 Å². The molecule has 0 aliphatic rings. The smallest absolute Gasteiger partial charge is 0.288 e. The molecule has 0 bridgehead atoms. The summed E-state index contributed by atoms with van der Waals surface area (Å²) in [5.41, 5.74) is 6.13. The van der Waals surface area contributed by atoms with Crippen LogP contribution < -0.4 is 16.2 Å². The maximum Gasteiger partial charge on any atom is 0.288 e. The predicted molar refractivity (Wildman–Crippen MR) is 115 cm³/mol. The molecule has 2 heterocycles. The number of anilines is 1. The van der Waals surface area contributed by atoms with Gasteiger partial charge in [-0.05, 0) is 35.7 Å². The maximum absolute atomic E-state index is 12.6. The highest BCUT2D eigenvalue weighted by Crippen LogP contribution is 2.18. The van der Waals surface area contributed by atoms with Crippen molar-refractivity contribution in [1.82, 2.24) is 15.8 Å². The van der Waals surface area contributed by atoms with Crippen molar-refractivity contribution in [2.45, 2.75) is 0 Å². The first kappa shape index (κ1) is 19.3. The summed E-state index contributed by atoms with van der Waals surface area (Å²) in [7, 11) is 0. The zero-order valence-corrected chi connectivity index (χ0v) is 16.4. The van der Waals surface area contributed by atoms with Crippen LogP contribution in [0, 0.1) is 0 Å². The molecule has 2 aromatic carbocycles. The Bertz CT molecular complexity index is 1240. The number of carbonyl (C=O) groups excluding carboxylic acids is 3. The Morgan fingerprint density at radius 2 is 1.50 bits per heavy atom. The lowest BCUT2D eigenvalue weighted by molar-refractivity contribution is 0.0844. The second-order valence-electron chi connectivity index (χ2n) is 6.27. The van der Waals surface area contributed by atoms with Gasteiger partial charge in [-0.15, -0.1) is 11.3 Å². The van der Waals surface area contributed by atoms with Gasteiger partial charge in [-0.2, -0.15) is 0 Å². The molecule has 2 aromatic heterocycles. The van der Waals surface area contributed by atoms with Crippen LogP contribution in [0.3, 0.4) is 0 Å². The number of fused-ring (bicyclic) bond motifs is 1. The van der Waals surface area contributed by atoms with Gasteiger partial charge in [0, 0.05) is 5.39 Å². The van der Waals surface area contributed by atoms with Gasteiger partial charge in [0.2, 0.25) is 0 Å². The molecule has 0 aliphatic carbocycles. The number of hydrazine groups is 1. The standard InChI is InChI=1S/C22H16N4O3S/c27-20(15-7-2-4-9-17(15)24-22(29)19-10-5-13-30-19)25-26-21(28)18-12-11-14-6-1-3-8-16(14)23-18/h1-13H,(H,24,29)(H,25,27)(H,26,28). The number of nitrogens with one attached hydrogen (secondary N) is 3. The molecule has 0 unspecified atom stereocenters. The van der Waals surface area contributed by atoms with E-state index in [9.17, 15) is 14.4 Å². The van der Waals surface area contributed by atoms with Gasteiger partial charge in [-0.25, -0.2) is 4.98 Å². The number of carbonyl (C=O) groups is 3. The topological polar surface area (TPSA) is 100 Å². The van der Waals surface area contributed by atoms with Crippen LogP contribution in [-0.2, 0) is 0 Å². The number of benzene rings is 2. The normalized spacial score (nSPS) is 10.4. The minimum Gasteiger partial charge on any atom is -0.321 e. The number of hydrogen-bond donors (Lipinski definition) is 3. The molecule has 0 saturated heterocycles. The van der Waals surface area contributed by atoms with Crippen LogP contribution >= 0.6 is 11.3 Å². The summed E-state index contributed by atoms with van der Waals surface area (Å²) in [4.78, 5) is 42.1. The first-order valence-electron chi connectivity index (χ1n) is 9.02. The third kappa shape index (κ3) is 4.18. The van der Waals surface area contributed by atoms with E-state index < -0.39 is 11.8 Å². The van der Waals surface area contributed by atoms with Gasteiger partial charge in [0.05, 0.1) is 21.6 Å². The highest BCUT2D eigenvalue weighted by Gasteiger charge is 2.16. The van der Waals surface area contributed by atoms with Crippen LogP contribution in [0.4, 0.5) is 5.69 Å². The van der Waals surface area contributed by atoms with Crippen LogP contribution in [0.5, 0.6) is 0 Å².